The highest BCUT2D eigenvalue weighted by molar-refractivity contribution is 6.02. The standard InChI is InChI=1S/C28H27N7O5/c1-34-11-8-16(9-12-34)35-27(39)17-13-20-21(14-18(17)28(35)40)31-24(30-20)22-19(7-10-29-25(22)37)32-33-26(38)23(36)15-5-3-2-4-6-15/h2-7,10,13-14,16,23,36,39-40H,8-9,11-12H2,1H3,(H,29,37)(H,30,31). The van der Waals surface area contributed by atoms with Crippen LogP contribution in [-0.4, -0.2) is 65.8 Å². The molecule has 5 aromatic rings. The number of azo groups is 1. The van der Waals surface area contributed by atoms with Crippen molar-refractivity contribution in [1.82, 2.24) is 24.4 Å². The van der Waals surface area contributed by atoms with Gasteiger partial charge in [-0.25, -0.2) is 4.98 Å². The van der Waals surface area contributed by atoms with Gasteiger partial charge in [0.15, 0.2) is 6.10 Å². The summed E-state index contributed by atoms with van der Waals surface area (Å²) in [6.07, 6.45) is 1.48. The number of rotatable bonds is 5. The van der Waals surface area contributed by atoms with Crippen LogP contribution >= 0.6 is 0 Å². The van der Waals surface area contributed by atoms with Crippen LogP contribution in [0.15, 0.2) is 69.8 Å². The van der Waals surface area contributed by atoms with E-state index >= 15 is 0 Å². The average molecular weight is 542 g/mol. The maximum Gasteiger partial charge on any atom is 0.297 e. The third-order valence-electron chi connectivity index (χ3n) is 7.39. The fraction of sp³-hybridized carbons (Fsp3) is 0.250. The highest BCUT2D eigenvalue weighted by atomic mass is 16.3. The Morgan fingerprint density at radius 2 is 1.77 bits per heavy atom. The molecule has 0 bridgehead atoms. The molecule has 3 aromatic heterocycles. The predicted octanol–water partition coefficient (Wildman–Crippen LogP) is 3.89. The summed E-state index contributed by atoms with van der Waals surface area (Å²) >= 11 is 0. The number of imidazole rings is 1. The van der Waals surface area contributed by atoms with Gasteiger partial charge in [-0.05, 0) is 56.7 Å². The van der Waals surface area contributed by atoms with Crippen molar-refractivity contribution in [3.05, 3.63) is 70.6 Å². The molecule has 1 saturated heterocycles. The van der Waals surface area contributed by atoms with E-state index in [4.69, 9.17) is 0 Å². The van der Waals surface area contributed by atoms with Gasteiger partial charge in [-0.3, -0.25) is 14.2 Å². The predicted molar refractivity (Wildman–Crippen MR) is 148 cm³/mol. The number of fused-ring (bicyclic) bond motifs is 2. The Morgan fingerprint density at radius 3 is 2.50 bits per heavy atom. The van der Waals surface area contributed by atoms with E-state index in [-0.39, 0.29) is 34.9 Å². The fourth-order valence-corrected chi connectivity index (χ4v) is 5.22. The number of piperidine rings is 1. The van der Waals surface area contributed by atoms with Crippen molar-refractivity contribution >= 4 is 33.4 Å². The largest absolute Gasteiger partial charge is 0.494 e. The van der Waals surface area contributed by atoms with Crippen LogP contribution in [0.5, 0.6) is 11.8 Å². The second-order valence-corrected chi connectivity index (χ2v) is 9.97. The summed E-state index contributed by atoms with van der Waals surface area (Å²) in [4.78, 5) is 37.7. The first kappa shape index (κ1) is 25.5. The number of H-pyrrole nitrogens is 2. The Hall–Kier alpha value is -4.81. The zero-order chi connectivity index (χ0) is 28.0. The van der Waals surface area contributed by atoms with Crippen molar-refractivity contribution in [2.45, 2.75) is 25.0 Å². The van der Waals surface area contributed by atoms with Gasteiger partial charge >= 0.3 is 0 Å². The molecule has 1 unspecified atom stereocenters. The van der Waals surface area contributed by atoms with Crippen molar-refractivity contribution in [3.63, 3.8) is 0 Å². The van der Waals surface area contributed by atoms with Crippen LogP contribution in [0.2, 0.25) is 0 Å². The smallest absolute Gasteiger partial charge is 0.297 e. The quantitative estimate of drug-likeness (QED) is 0.210. The van der Waals surface area contributed by atoms with E-state index in [2.05, 4.69) is 30.1 Å². The molecular weight excluding hydrogens is 514 g/mol. The number of hydrogen-bond acceptors (Lipinski definition) is 8. The number of aromatic hydroxyl groups is 2. The van der Waals surface area contributed by atoms with E-state index in [1.807, 2.05) is 7.05 Å². The summed E-state index contributed by atoms with van der Waals surface area (Å²) in [6, 6.07) is 13.1. The van der Waals surface area contributed by atoms with Gasteiger partial charge in [0.1, 0.15) is 17.1 Å². The molecule has 2 aromatic carbocycles. The molecule has 12 heteroatoms. The Balaban J connectivity index is 1.36. The summed E-state index contributed by atoms with van der Waals surface area (Å²) in [5.41, 5.74) is 0.953. The Morgan fingerprint density at radius 1 is 1.07 bits per heavy atom. The van der Waals surface area contributed by atoms with Crippen molar-refractivity contribution in [1.29, 1.82) is 0 Å². The van der Waals surface area contributed by atoms with Gasteiger partial charge in [-0.1, -0.05) is 30.3 Å². The van der Waals surface area contributed by atoms with Crippen molar-refractivity contribution in [2.24, 2.45) is 10.2 Å². The first-order chi connectivity index (χ1) is 19.3. The van der Waals surface area contributed by atoms with Crippen molar-refractivity contribution in [2.75, 3.05) is 20.1 Å². The lowest BCUT2D eigenvalue weighted by Crippen LogP contribution is -2.31. The number of nitrogens with zero attached hydrogens (tertiary/aromatic N) is 5. The molecule has 0 saturated carbocycles. The average Bonchev–Trinajstić information content (AvgIpc) is 3.48. The van der Waals surface area contributed by atoms with E-state index in [1.165, 1.54) is 12.3 Å². The summed E-state index contributed by atoms with van der Waals surface area (Å²) in [5, 5.41) is 40.9. The van der Waals surface area contributed by atoms with Gasteiger partial charge < -0.3 is 30.2 Å². The molecule has 0 radical (unpaired) electrons. The second-order valence-electron chi connectivity index (χ2n) is 9.97. The van der Waals surface area contributed by atoms with Gasteiger partial charge in [0.05, 0.1) is 11.0 Å². The lowest BCUT2D eigenvalue weighted by atomic mass is 10.1. The van der Waals surface area contributed by atoms with Crippen LogP contribution in [0.4, 0.5) is 5.69 Å². The van der Waals surface area contributed by atoms with Gasteiger partial charge in [0.25, 0.3) is 11.5 Å². The van der Waals surface area contributed by atoms with Crippen molar-refractivity contribution < 1.29 is 20.1 Å². The molecule has 6 rings (SSSR count). The number of aromatic amines is 2. The molecule has 40 heavy (non-hydrogen) atoms. The first-order valence-electron chi connectivity index (χ1n) is 12.9. The third kappa shape index (κ3) is 4.42. The van der Waals surface area contributed by atoms with E-state index in [1.54, 1.807) is 47.0 Å². The van der Waals surface area contributed by atoms with Gasteiger partial charge in [-0.2, -0.15) is 0 Å². The van der Waals surface area contributed by atoms with Crippen LogP contribution < -0.4 is 5.56 Å². The van der Waals surface area contributed by atoms with Gasteiger partial charge in [0.2, 0.25) is 11.8 Å². The van der Waals surface area contributed by atoms with E-state index in [9.17, 15) is 24.9 Å². The number of aromatic nitrogens is 4. The molecule has 0 aliphatic carbocycles. The van der Waals surface area contributed by atoms with Crippen LogP contribution in [0, 0.1) is 0 Å². The lowest BCUT2D eigenvalue weighted by molar-refractivity contribution is -0.126. The Kier molecular flexibility index (Phi) is 6.40. The number of amides is 1. The second kappa shape index (κ2) is 10.1. The van der Waals surface area contributed by atoms with Crippen LogP contribution in [0.1, 0.15) is 30.6 Å². The van der Waals surface area contributed by atoms with Crippen LogP contribution in [-0.2, 0) is 4.79 Å². The molecule has 1 aliphatic heterocycles. The Bertz CT molecular complexity index is 1760. The number of aliphatic hydroxyl groups excluding tert-OH is 1. The maximum atomic E-state index is 12.8. The summed E-state index contributed by atoms with van der Waals surface area (Å²) in [6.45, 7) is 1.73. The molecule has 1 amide bonds. The van der Waals surface area contributed by atoms with E-state index in [0.717, 1.165) is 25.9 Å². The number of aliphatic hydroxyl groups is 1. The number of carbonyl (C=O) groups is 1. The normalized spacial score (nSPS) is 15.8. The maximum absolute atomic E-state index is 12.8. The van der Waals surface area contributed by atoms with E-state index in [0.29, 0.717) is 27.4 Å². The number of nitrogens with one attached hydrogen (secondary N) is 2. The minimum Gasteiger partial charge on any atom is -0.494 e. The molecular formula is C28H27N7O5. The lowest BCUT2D eigenvalue weighted by Gasteiger charge is -2.30. The monoisotopic (exact) mass is 541 g/mol. The van der Waals surface area contributed by atoms with E-state index < -0.39 is 17.6 Å². The van der Waals surface area contributed by atoms with Crippen LogP contribution in [0.25, 0.3) is 33.2 Å². The van der Waals surface area contributed by atoms with Crippen molar-refractivity contribution in [3.8, 4) is 23.1 Å². The zero-order valence-corrected chi connectivity index (χ0v) is 21.6. The molecule has 1 aliphatic rings. The molecule has 12 nitrogen and oxygen atoms in total. The number of benzene rings is 2. The molecule has 1 atom stereocenters. The van der Waals surface area contributed by atoms with Gasteiger partial charge in [0, 0.05) is 23.0 Å². The Labute approximate surface area is 227 Å². The first-order valence-corrected chi connectivity index (χ1v) is 12.9. The SMILES string of the molecule is CN1CCC(n2c(O)c3cc4nc(-c5c(N=NC(=O)C(O)c6ccccc6)cc[nH]c5=O)[nH]c4cc3c2O)CC1. The molecule has 0 spiro atoms. The fourth-order valence-electron chi connectivity index (χ4n) is 5.22. The van der Waals surface area contributed by atoms with Gasteiger partial charge in [-0.15, -0.1) is 10.2 Å². The minimum atomic E-state index is -1.49. The highest BCUT2D eigenvalue weighted by Crippen LogP contribution is 2.43. The molecule has 1 fully saturated rings. The zero-order valence-electron chi connectivity index (χ0n) is 21.6. The summed E-state index contributed by atoms with van der Waals surface area (Å²) in [5.74, 6) is -0.778. The molecule has 5 N–H and O–H groups in total. The molecule has 4 heterocycles. The van der Waals surface area contributed by atoms with Crippen LogP contribution in [0.3, 0.4) is 0 Å². The topological polar surface area (TPSA) is 172 Å². The number of hydrogen-bond donors (Lipinski definition) is 5. The summed E-state index contributed by atoms with van der Waals surface area (Å²) in [7, 11) is 2.05. The number of likely N-dealkylation sites (tertiary alicyclic amines) is 1. The summed E-state index contributed by atoms with van der Waals surface area (Å²) < 4.78 is 1.58. The third-order valence-corrected chi connectivity index (χ3v) is 7.39. The molecule has 204 valence electrons. The number of carbonyl (C=O) groups excluding carboxylic acids is 1. The number of pyridine rings is 1. The minimum absolute atomic E-state index is 0.0237. The highest BCUT2D eigenvalue weighted by Gasteiger charge is 2.27.